The van der Waals surface area contributed by atoms with E-state index in [1.807, 2.05) is 18.2 Å². The minimum Gasteiger partial charge on any atom is -0.489 e. The molecule has 2 fully saturated rings. The Hall–Kier alpha value is -1.88. The fraction of sp³-hybridized carbons (Fsp3) is 0.556. The van der Waals surface area contributed by atoms with E-state index in [1.165, 1.54) is 43.4 Å². The average molecular weight is 423 g/mol. The molecule has 1 saturated heterocycles. The van der Waals surface area contributed by atoms with Gasteiger partial charge >= 0.3 is 0 Å². The van der Waals surface area contributed by atoms with Gasteiger partial charge in [-0.3, -0.25) is 0 Å². The second kappa shape index (κ2) is 11.7. The number of ether oxygens (including phenoxy) is 1. The zero-order valence-corrected chi connectivity index (χ0v) is 18.7. The van der Waals surface area contributed by atoms with Crippen molar-refractivity contribution in [2.24, 2.45) is 11.8 Å². The summed E-state index contributed by atoms with van der Waals surface area (Å²) in [7, 11) is 0. The largest absolute Gasteiger partial charge is 0.489 e. The van der Waals surface area contributed by atoms with Gasteiger partial charge in [-0.25, -0.2) is 0 Å². The fourth-order valence-electron chi connectivity index (χ4n) is 4.95. The van der Waals surface area contributed by atoms with Crippen LogP contribution in [-0.4, -0.2) is 42.3 Å². The highest BCUT2D eigenvalue weighted by atomic mass is 16.5. The molecule has 4 rings (SSSR count). The van der Waals surface area contributed by atoms with Crippen LogP contribution in [0.2, 0.25) is 0 Å². The van der Waals surface area contributed by atoms with E-state index < -0.39 is 0 Å². The Bertz CT molecular complexity index is 749. The molecular weight excluding hydrogens is 384 g/mol. The molecular formula is C27H38N2O2. The molecule has 0 radical (unpaired) electrons. The van der Waals surface area contributed by atoms with E-state index in [0.717, 1.165) is 56.6 Å². The molecule has 4 heteroatoms. The van der Waals surface area contributed by atoms with Crippen LogP contribution < -0.4 is 10.1 Å². The van der Waals surface area contributed by atoms with Crippen molar-refractivity contribution in [3.05, 3.63) is 65.7 Å². The van der Waals surface area contributed by atoms with Crippen molar-refractivity contribution in [1.82, 2.24) is 10.2 Å². The zero-order valence-electron chi connectivity index (χ0n) is 18.7. The maximum atomic E-state index is 9.67. The summed E-state index contributed by atoms with van der Waals surface area (Å²) in [5.74, 6) is 2.59. The van der Waals surface area contributed by atoms with Gasteiger partial charge in [0.05, 0.1) is 6.10 Å². The van der Waals surface area contributed by atoms with Gasteiger partial charge in [0.2, 0.25) is 0 Å². The Morgan fingerprint density at radius 2 is 1.48 bits per heavy atom. The second-order valence-corrected chi connectivity index (χ2v) is 9.47. The predicted octanol–water partition coefficient (Wildman–Crippen LogP) is 4.62. The van der Waals surface area contributed by atoms with Crippen LogP contribution in [0, 0.1) is 11.8 Å². The van der Waals surface area contributed by atoms with Crippen molar-refractivity contribution >= 4 is 0 Å². The van der Waals surface area contributed by atoms with Gasteiger partial charge in [0.25, 0.3) is 0 Å². The first-order valence-corrected chi connectivity index (χ1v) is 12.1. The van der Waals surface area contributed by atoms with Crippen LogP contribution in [0.5, 0.6) is 5.75 Å². The van der Waals surface area contributed by atoms with E-state index in [0.29, 0.717) is 6.61 Å². The van der Waals surface area contributed by atoms with Crippen LogP contribution in [0.15, 0.2) is 54.6 Å². The Morgan fingerprint density at radius 1 is 0.806 bits per heavy atom. The summed E-state index contributed by atoms with van der Waals surface area (Å²) < 4.78 is 5.88. The van der Waals surface area contributed by atoms with Gasteiger partial charge in [-0.05, 0) is 80.2 Å². The molecule has 1 heterocycles. The second-order valence-electron chi connectivity index (χ2n) is 9.47. The van der Waals surface area contributed by atoms with Crippen molar-refractivity contribution in [3.8, 4) is 5.75 Å². The van der Waals surface area contributed by atoms with Gasteiger partial charge in [-0.2, -0.15) is 0 Å². The van der Waals surface area contributed by atoms with Gasteiger partial charge in [0.15, 0.2) is 0 Å². The van der Waals surface area contributed by atoms with Crippen LogP contribution in [-0.2, 0) is 13.2 Å². The summed E-state index contributed by atoms with van der Waals surface area (Å²) in [5, 5.41) is 13.3. The summed E-state index contributed by atoms with van der Waals surface area (Å²) >= 11 is 0. The number of likely N-dealkylation sites (tertiary alicyclic amines) is 1. The van der Waals surface area contributed by atoms with Crippen molar-refractivity contribution < 1.29 is 9.84 Å². The lowest BCUT2D eigenvalue weighted by molar-refractivity contribution is 0.0687. The van der Waals surface area contributed by atoms with E-state index in [2.05, 4.69) is 46.6 Å². The Labute approximate surface area is 187 Å². The van der Waals surface area contributed by atoms with E-state index >= 15 is 0 Å². The van der Waals surface area contributed by atoms with E-state index in [4.69, 9.17) is 4.74 Å². The highest BCUT2D eigenvalue weighted by molar-refractivity contribution is 5.27. The maximum Gasteiger partial charge on any atom is 0.119 e. The van der Waals surface area contributed by atoms with Gasteiger partial charge in [0.1, 0.15) is 12.4 Å². The number of nitrogens with one attached hydrogen (secondary N) is 1. The molecule has 0 spiro atoms. The van der Waals surface area contributed by atoms with Crippen molar-refractivity contribution in [3.63, 3.8) is 0 Å². The topological polar surface area (TPSA) is 44.7 Å². The summed E-state index contributed by atoms with van der Waals surface area (Å²) in [4.78, 5) is 2.57. The molecule has 1 aliphatic heterocycles. The first kappa shape index (κ1) is 22.3. The lowest BCUT2D eigenvalue weighted by atomic mass is 9.81. The number of benzene rings is 2. The Morgan fingerprint density at radius 3 is 2.19 bits per heavy atom. The van der Waals surface area contributed by atoms with Gasteiger partial charge in [-0.15, -0.1) is 0 Å². The number of nitrogens with zero attached hydrogens (tertiary/aromatic N) is 1. The van der Waals surface area contributed by atoms with E-state index in [9.17, 15) is 5.11 Å². The molecule has 0 aromatic heterocycles. The minimum absolute atomic E-state index is 0.0592. The standard InChI is InChI=1S/C27H38N2O2/c30-26-14-16-29(17-15-26)20-24-8-6-22(7-9-24)18-28-19-23-10-12-27(13-11-23)31-21-25-4-2-1-3-5-25/h1-5,10-13,22,24,26,28,30H,6-9,14-21H2. The molecule has 2 aliphatic rings. The highest BCUT2D eigenvalue weighted by Crippen LogP contribution is 2.29. The quantitative estimate of drug-likeness (QED) is 0.619. The van der Waals surface area contributed by atoms with Gasteiger partial charge in [0, 0.05) is 26.2 Å². The molecule has 0 atom stereocenters. The third-order valence-corrected chi connectivity index (χ3v) is 6.97. The van der Waals surface area contributed by atoms with Crippen LogP contribution in [0.4, 0.5) is 0 Å². The molecule has 0 bridgehead atoms. The molecule has 2 aromatic rings. The third-order valence-electron chi connectivity index (χ3n) is 6.97. The fourth-order valence-corrected chi connectivity index (χ4v) is 4.95. The molecule has 0 amide bonds. The number of hydrogen-bond donors (Lipinski definition) is 2. The van der Waals surface area contributed by atoms with Crippen molar-refractivity contribution in [2.45, 2.75) is 57.8 Å². The zero-order chi connectivity index (χ0) is 21.3. The summed E-state index contributed by atoms with van der Waals surface area (Å²) in [6.07, 6.45) is 7.27. The Balaban J connectivity index is 1.10. The van der Waals surface area contributed by atoms with E-state index in [1.54, 1.807) is 0 Å². The summed E-state index contributed by atoms with van der Waals surface area (Å²) in [5.41, 5.74) is 2.51. The first-order valence-electron chi connectivity index (χ1n) is 12.1. The minimum atomic E-state index is -0.0592. The molecule has 2 aromatic carbocycles. The maximum absolute atomic E-state index is 9.67. The lowest BCUT2D eigenvalue weighted by Crippen LogP contribution is -2.39. The molecule has 0 unspecified atom stereocenters. The molecule has 1 saturated carbocycles. The number of hydrogen-bond acceptors (Lipinski definition) is 4. The Kier molecular flexibility index (Phi) is 8.39. The number of aliphatic hydroxyl groups excluding tert-OH is 1. The third kappa shape index (κ3) is 7.34. The number of rotatable bonds is 9. The summed E-state index contributed by atoms with van der Waals surface area (Å²) in [6, 6.07) is 18.8. The van der Waals surface area contributed by atoms with Crippen LogP contribution in [0.25, 0.3) is 0 Å². The average Bonchev–Trinajstić information content (AvgIpc) is 2.82. The predicted molar refractivity (Wildman–Crippen MR) is 126 cm³/mol. The van der Waals surface area contributed by atoms with Crippen LogP contribution >= 0.6 is 0 Å². The SMILES string of the molecule is OC1CCN(CC2CCC(CNCc3ccc(OCc4ccccc4)cc3)CC2)CC1. The summed E-state index contributed by atoms with van der Waals surface area (Å²) in [6.45, 7) is 6.06. The van der Waals surface area contributed by atoms with Gasteiger partial charge in [-0.1, -0.05) is 42.5 Å². The smallest absolute Gasteiger partial charge is 0.119 e. The lowest BCUT2D eigenvalue weighted by Gasteiger charge is -2.35. The molecule has 2 N–H and O–H groups in total. The van der Waals surface area contributed by atoms with E-state index in [-0.39, 0.29) is 6.10 Å². The number of piperidine rings is 1. The van der Waals surface area contributed by atoms with Gasteiger partial charge < -0.3 is 20.1 Å². The van der Waals surface area contributed by atoms with Crippen molar-refractivity contribution in [2.75, 3.05) is 26.2 Å². The van der Waals surface area contributed by atoms with Crippen LogP contribution in [0.3, 0.4) is 0 Å². The highest BCUT2D eigenvalue weighted by Gasteiger charge is 2.24. The van der Waals surface area contributed by atoms with Crippen molar-refractivity contribution in [1.29, 1.82) is 0 Å². The molecule has 168 valence electrons. The molecule has 31 heavy (non-hydrogen) atoms. The first-order chi connectivity index (χ1) is 15.2. The number of aliphatic hydroxyl groups is 1. The molecule has 1 aliphatic carbocycles. The molecule has 4 nitrogen and oxygen atoms in total. The normalized spacial score (nSPS) is 23.0. The van der Waals surface area contributed by atoms with Crippen LogP contribution in [0.1, 0.15) is 49.7 Å². The monoisotopic (exact) mass is 422 g/mol.